The molecular weight excluding hydrogens is 332 g/mol. The van der Waals surface area contributed by atoms with Gasteiger partial charge in [0.1, 0.15) is 5.75 Å². The Morgan fingerprint density at radius 3 is 2.19 bits per heavy atom. The molecule has 0 saturated carbocycles. The third-order valence-corrected chi connectivity index (χ3v) is 4.16. The van der Waals surface area contributed by atoms with E-state index in [4.69, 9.17) is 0 Å². The van der Waals surface area contributed by atoms with E-state index in [1.54, 1.807) is 64.5 Å². The summed E-state index contributed by atoms with van der Waals surface area (Å²) in [6.45, 7) is 1.84. The predicted molar refractivity (Wildman–Crippen MR) is 99.2 cm³/mol. The summed E-state index contributed by atoms with van der Waals surface area (Å²) in [6, 6.07) is 11.4. The van der Waals surface area contributed by atoms with Crippen LogP contribution in [-0.2, 0) is 0 Å². The number of phenolic OH excluding ortho intramolecular Hbond substituents is 1. The van der Waals surface area contributed by atoms with Crippen molar-refractivity contribution in [3.8, 4) is 5.75 Å². The molecule has 0 aromatic heterocycles. The van der Waals surface area contributed by atoms with Gasteiger partial charge in [0.2, 0.25) is 0 Å². The van der Waals surface area contributed by atoms with Crippen LogP contribution in [0.4, 0.5) is 0 Å². The smallest absolute Gasteiger partial charge is 0.253 e. The van der Waals surface area contributed by atoms with Crippen LogP contribution in [-0.4, -0.2) is 59.5 Å². The number of aryl methyl sites for hydroxylation is 1. The molecule has 2 aromatic rings. The van der Waals surface area contributed by atoms with Crippen molar-refractivity contribution in [3.05, 3.63) is 64.7 Å². The lowest BCUT2D eigenvalue weighted by molar-refractivity contribution is 0.0681. The molecule has 2 rings (SSSR count). The van der Waals surface area contributed by atoms with Gasteiger partial charge in [-0.05, 0) is 48.4 Å². The SMILES string of the molecule is Cc1cc(C(O)CN(C)C(=O)c2cccc(C(=O)N(C)C)c2)ccc1O. The zero-order chi connectivity index (χ0) is 19.4. The molecular formula is C20H24N2O4. The maximum absolute atomic E-state index is 12.6. The maximum Gasteiger partial charge on any atom is 0.253 e. The van der Waals surface area contributed by atoms with Crippen LogP contribution in [0.1, 0.15) is 37.9 Å². The van der Waals surface area contributed by atoms with E-state index >= 15 is 0 Å². The van der Waals surface area contributed by atoms with Gasteiger partial charge in [0, 0.05) is 32.3 Å². The molecule has 0 spiro atoms. The van der Waals surface area contributed by atoms with Crippen LogP contribution in [0, 0.1) is 6.92 Å². The molecule has 138 valence electrons. The normalized spacial score (nSPS) is 11.7. The summed E-state index contributed by atoms with van der Waals surface area (Å²) < 4.78 is 0. The van der Waals surface area contributed by atoms with Crippen molar-refractivity contribution in [2.45, 2.75) is 13.0 Å². The molecule has 2 N–H and O–H groups in total. The molecule has 26 heavy (non-hydrogen) atoms. The second-order valence-electron chi connectivity index (χ2n) is 6.53. The van der Waals surface area contributed by atoms with Gasteiger partial charge in [-0.15, -0.1) is 0 Å². The fourth-order valence-corrected chi connectivity index (χ4v) is 2.60. The Morgan fingerprint density at radius 1 is 1.00 bits per heavy atom. The highest BCUT2D eigenvalue weighted by Gasteiger charge is 2.18. The van der Waals surface area contributed by atoms with Gasteiger partial charge in [-0.25, -0.2) is 0 Å². The topological polar surface area (TPSA) is 81.1 Å². The van der Waals surface area contributed by atoms with Crippen LogP contribution >= 0.6 is 0 Å². The monoisotopic (exact) mass is 356 g/mol. The van der Waals surface area contributed by atoms with Crippen LogP contribution in [0.5, 0.6) is 5.75 Å². The van der Waals surface area contributed by atoms with Crippen molar-refractivity contribution < 1.29 is 19.8 Å². The third-order valence-electron chi connectivity index (χ3n) is 4.16. The van der Waals surface area contributed by atoms with E-state index in [0.717, 1.165) is 0 Å². The summed E-state index contributed by atoms with van der Waals surface area (Å²) in [5, 5.41) is 20.0. The number of carbonyl (C=O) groups excluding carboxylic acids is 2. The lowest BCUT2D eigenvalue weighted by Crippen LogP contribution is -2.31. The van der Waals surface area contributed by atoms with Crippen LogP contribution in [0.15, 0.2) is 42.5 Å². The Morgan fingerprint density at radius 2 is 1.62 bits per heavy atom. The molecule has 0 radical (unpaired) electrons. The summed E-state index contributed by atoms with van der Waals surface area (Å²) in [6.07, 6.45) is -0.880. The first kappa shape index (κ1) is 19.5. The quantitative estimate of drug-likeness (QED) is 0.861. The van der Waals surface area contributed by atoms with Gasteiger partial charge in [0.05, 0.1) is 12.6 Å². The van der Waals surface area contributed by atoms with Gasteiger partial charge in [-0.2, -0.15) is 0 Å². The first-order chi connectivity index (χ1) is 12.2. The van der Waals surface area contributed by atoms with Crippen molar-refractivity contribution in [2.24, 2.45) is 0 Å². The molecule has 6 nitrogen and oxygen atoms in total. The van der Waals surface area contributed by atoms with E-state index in [-0.39, 0.29) is 24.1 Å². The first-order valence-electron chi connectivity index (χ1n) is 8.25. The number of hydrogen-bond donors (Lipinski definition) is 2. The lowest BCUT2D eigenvalue weighted by atomic mass is 10.0. The fraction of sp³-hybridized carbons (Fsp3) is 0.300. The minimum Gasteiger partial charge on any atom is -0.508 e. The Balaban J connectivity index is 2.13. The average Bonchev–Trinajstić information content (AvgIpc) is 2.62. The molecule has 0 fully saturated rings. The molecule has 1 unspecified atom stereocenters. The van der Waals surface area contributed by atoms with Gasteiger partial charge in [0.25, 0.3) is 11.8 Å². The highest BCUT2D eigenvalue weighted by atomic mass is 16.3. The van der Waals surface area contributed by atoms with Crippen LogP contribution < -0.4 is 0 Å². The predicted octanol–water partition coefficient (Wildman–Crippen LogP) is 2.21. The summed E-state index contributed by atoms with van der Waals surface area (Å²) in [5.74, 6) is -0.303. The Hall–Kier alpha value is -2.86. The van der Waals surface area contributed by atoms with Crippen molar-refractivity contribution in [2.75, 3.05) is 27.7 Å². The fourth-order valence-electron chi connectivity index (χ4n) is 2.60. The zero-order valence-corrected chi connectivity index (χ0v) is 15.4. The highest BCUT2D eigenvalue weighted by Crippen LogP contribution is 2.22. The minimum absolute atomic E-state index is 0.0922. The number of likely N-dealkylation sites (N-methyl/N-ethyl adjacent to an activating group) is 1. The number of aliphatic hydroxyl groups excluding tert-OH is 1. The van der Waals surface area contributed by atoms with Crippen LogP contribution in [0.25, 0.3) is 0 Å². The number of hydrogen-bond acceptors (Lipinski definition) is 4. The summed E-state index contributed by atoms with van der Waals surface area (Å²) in [4.78, 5) is 27.5. The standard InChI is InChI=1S/C20H24N2O4/c1-13-10-14(8-9-17(13)23)18(24)12-22(4)20(26)16-7-5-6-15(11-16)19(25)21(2)3/h5-11,18,23-24H,12H2,1-4H3. The number of benzene rings is 2. The van der Waals surface area contributed by atoms with Crippen molar-refractivity contribution in [1.82, 2.24) is 9.80 Å². The lowest BCUT2D eigenvalue weighted by Gasteiger charge is -2.22. The molecule has 0 aliphatic rings. The van der Waals surface area contributed by atoms with E-state index in [0.29, 0.717) is 22.3 Å². The molecule has 2 aromatic carbocycles. The third kappa shape index (κ3) is 4.40. The van der Waals surface area contributed by atoms with E-state index in [1.165, 1.54) is 15.9 Å². The molecule has 2 amide bonds. The molecule has 0 heterocycles. The van der Waals surface area contributed by atoms with E-state index in [1.807, 2.05) is 0 Å². The van der Waals surface area contributed by atoms with Crippen molar-refractivity contribution in [3.63, 3.8) is 0 Å². The minimum atomic E-state index is -0.880. The largest absolute Gasteiger partial charge is 0.508 e. The van der Waals surface area contributed by atoms with Gasteiger partial charge >= 0.3 is 0 Å². The van der Waals surface area contributed by atoms with Crippen molar-refractivity contribution >= 4 is 11.8 Å². The van der Waals surface area contributed by atoms with E-state index in [2.05, 4.69) is 0 Å². The van der Waals surface area contributed by atoms with Crippen molar-refractivity contribution in [1.29, 1.82) is 0 Å². The number of nitrogens with zero attached hydrogens (tertiary/aromatic N) is 2. The number of rotatable bonds is 5. The number of aromatic hydroxyl groups is 1. The Labute approximate surface area is 153 Å². The number of phenols is 1. The first-order valence-corrected chi connectivity index (χ1v) is 8.25. The Bertz CT molecular complexity index is 817. The zero-order valence-electron chi connectivity index (χ0n) is 15.4. The van der Waals surface area contributed by atoms with E-state index in [9.17, 15) is 19.8 Å². The molecule has 0 saturated heterocycles. The van der Waals surface area contributed by atoms with Crippen LogP contribution in [0.3, 0.4) is 0 Å². The number of carbonyl (C=O) groups is 2. The van der Waals surface area contributed by atoms with E-state index < -0.39 is 6.10 Å². The second kappa shape index (κ2) is 8.01. The van der Waals surface area contributed by atoms with Crippen LogP contribution in [0.2, 0.25) is 0 Å². The van der Waals surface area contributed by atoms with Gasteiger partial charge < -0.3 is 20.0 Å². The summed E-state index contributed by atoms with van der Waals surface area (Å²) >= 11 is 0. The molecule has 0 aliphatic carbocycles. The summed E-state index contributed by atoms with van der Waals surface area (Å²) in [7, 11) is 4.90. The maximum atomic E-state index is 12.6. The average molecular weight is 356 g/mol. The van der Waals surface area contributed by atoms with Gasteiger partial charge in [-0.1, -0.05) is 12.1 Å². The Kier molecular flexibility index (Phi) is 6.00. The number of amides is 2. The second-order valence-corrected chi connectivity index (χ2v) is 6.53. The molecule has 6 heteroatoms. The van der Waals surface area contributed by atoms with Gasteiger partial charge in [-0.3, -0.25) is 9.59 Å². The highest BCUT2D eigenvalue weighted by molar-refractivity contribution is 5.99. The summed E-state index contributed by atoms with van der Waals surface area (Å²) in [5.41, 5.74) is 2.10. The number of aliphatic hydroxyl groups is 1. The molecule has 0 bridgehead atoms. The van der Waals surface area contributed by atoms with Gasteiger partial charge in [0.15, 0.2) is 0 Å². The molecule has 1 atom stereocenters. The molecule has 0 aliphatic heterocycles.